The van der Waals surface area contributed by atoms with Gasteiger partial charge in [-0.05, 0) is 24.3 Å². The summed E-state index contributed by atoms with van der Waals surface area (Å²) < 4.78 is 6.17. The van der Waals surface area contributed by atoms with Crippen molar-refractivity contribution in [3.8, 4) is 0 Å². The summed E-state index contributed by atoms with van der Waals surface area (Å²) in [4.78, 5) is 41.6. The second-order valence-corrected chi connectivity index (χ2v) is 9.52. The van der Waals surface area contributed by atoms with Crippen molar-refractivity contribution in [3.63, 3.8) is 0 Å². The van der Waals surface area contributed by atoms with Crippen LogP contribution in [0.25, 0.3) is 0 Å². The molecule has 4 aliphatic rings. The zero-order valence-electron chi connectivity index (χ0n) is 16.1. The molecule has 154 valence electrons. The van der Waals surface area contributed by atoms with Gasteiger partial charge < -0.3 is 20.7 Å². The Morgan fingerprint density at radius 3 is 2.79 bits per heavy atom. The van der Waals surface area contributed by atoms with Gasteiger partial charge in [-0.1, -0.05) is 37.5 Å². The van der Waals surface area contributed by atoms with E-state index in [-0.39, 0.29) is 17.9 Å². The van der Waals surface area contributed by atoms with Gasteiger partial charge in [0.1, 0.15) is 11.6 Å². The van der Waals surface area contributed by atoms with Crippen molar-refractivity contribution < 1.29 is 19.1 Å². The first-order chi connectivity index (χ1) is 14.0. The van der Waals surface area contributed by atoms with E-state index in [4.69, 9.17) is 10.5 Å². The molecule has 3 N–H and O–H groups in total. The summed E-state index contributed by atoms with van der Waals surface area (Å²) in [6.45, 7) is 0.324. The largest absolute Gasteiger partial charge is 0.369 e. The Morgan fingerprint density at radius 1 is 1.31 bits per heavy atom. The molecule has 1 spiro atoms. The summed E-state index contributed by atoms with van der Waals surface area (Å²) in [7, 11) is 0. The van der Waals surface area contributed by atoms with Crippen LogP contribution in [0, 0.1) is 11.8 Å². The van der Waals surface area contributed by atoms with Crippen LogP contribution >= 0.6 is 11.3 Å². The first-order valence-corrected chi connectivity index (χ1v) is 11.2. The highest BCUT2D eigenvalue weighted by Crippen LogP contribution is 2.55. The standard InChI is InChI=1S/C21H25N3O4S/c22-18(25)15-14-8-9-21(28-14)16(15)20(27)24(11-13-7-4-10-29-13)17(21)19(26)23-12-5-2-1-3-6-12/h4,7-10,12,14-17H,1-3,5-6,11H2,(H2,22,25)(H,23,26)/t14-,15-,16-,17-,21-/m1/s1. The molecule has 8 heteroatoms. The first kappa shape index (κ1) is 18.8. The number of carbonyl (C=O) groups is 3. The van der Waals surface area contributed by atoms with Gasteiger partial charge in [-0.2, -0.15) is 0 Å². The number of nitrogens with two attached hydrogens (primary N) is 1. The van der Waals surface area contributed by atoms with Crippen LogP contribution in [0.2, 0.25) is 0 Å². The van der Waals surface area contributed by atoms with E-state index in [0.717, 1.165) is 30.6 Å². The molecule has 0 radical (unpaired) electrons. The smallest absolute Gasteiger partial charge is 0.246 e. The molecule has 0 unspecified atom stereocenters. The number of ether oxygens (including phenoxy) is 1. The van der Waals surface area contributed by atoms with Crippen LogP contribution in [0.4, 0.5) is 0 Å². The Bertz CT molecular complexity index is 863. The zero-order valence-corrected chi connectivity index (χ0v) is 16.9. The molecule has 2 saturated heterocycles. The zero-order chi connectivity index (χ0) is 20.2. The minimum absolute atomic E-state index is 0.125. The van der Waals surface area contributed by atoms with Crippen LogP contribution in [0.1, 0.15) is 37.0 Å². The Labute approximate surface area is 173 Å². The maximum Gasteiger partial charge on any atom is 0.246 e. The van der Waals surface area contributed by atoms with Crippen molar-refractivity contribution in [2.24, 2.45) is 17.6 Å². The normalized spacial score (nSPS) is 35.9. The summed E-state index contributed by atoms with van der Waals surface area (Å²) in [6, 6.07) is 3.19. The van der Waals surface area contributed by atoms with E-state index in [1.54, 1.807) is 11.0 Å². The monoisotopic (exact) mass is 415 g/mol. The lowest BCUT2D eigenvalue weighted by Gasteiger charge is -2.34. The number of amides is 3. The first-order valence-electron chi connectivity index (χ1n) is 10.3. The van der Waals surface area contributed by atoms with Gasteiger partial charge >= 0.3 is 0 Å². The molecule has 7 nitrogen and oxygen atoms in total. The van der Waals surface area contributed by atoms with Crippen LogP contribution < -0.4 is 11.1 Å². The lowest BCUT2D eigenvalue weighted by atomic mass is 9.74. The van der Waals surface area contributed by atoms with E-state index in [9.17, 15) is 14.4 Å². The minimum Gasteiger partial charge on any atom is -0.369 e. The van der Waals surface area contributed by atoms with Gasteiger partial charge in [0.05, 0.1) is 24.5 Å². The molecule has 3 fully saturated rings. The van der Waals surface area contributed by atoms with E-state index in [0.29, 0.717) is 6.54 Å². The number of thiophene rings is 1. The number of likely N-dealkylation sites (tertiary alicyclic amines) is 1. The maximum absolute atomic E-state index is 13.5. The third kappa shape index (κ3) is 2.84. The molecule has 1 saturated carbocycles. The van der Waals surface area contributed by atoms with Crippen LogP contribution in [0.3, 0.4) is 0 Å². The quantitative estimate of drug-likeness (QED) is 0.709. The predicted octanol–water partition coefficient (Wildman–Crippen LogP) is 1.33. The van der Waals surface area contributed by atoms with E-state index in [1.807, 2.05) is 23.6 Å². The van der Waals surface area contributed by atoms with Crippen LogP contribution in [0.15, 0.2) is 29.7 Å². The van der Waals surface area contributed by atoms with Crippen molar-refractivity contribution in [2.75, 3.05) is 0 Å². The number of nitrogens with one attached hydrogen (secondary N) is 1. The predicted molar refractivity (Wildman–Crippen MR) is 107 cm³/mol. The number of hydrogen-bond donors (Lipinski definition) is 2. The van der Waals surface area contributed by atoms with E-state index in [2.05, 4.69) is 5.32 Å². The van der Waals surface area contributed by atoms with E-state index < -0.39 is 35.5 Å². The molecule has 5 atom stereocenters. The molecule has 3 aliphatic heterocycles. The second kappa shape index (κ2) is 6.95. The van der Waals surface area contributed by atoms with Gasteiger partial charge in [0.25, 0.3) is 0 Å². The fraction of sp³-hybridized carbons (Fsp3) is 0.571. The number of rotatable bonds is 5. The van der Waals surface area contributed by atoms with Crippen LogP contribution in [-0.4, -0.2) is 46.4 Å². The molecule has 2 bridgehead atoms. The number of carbonyl (C=O) groups excluding carboxylic acids is 3. The molecule has 4 heterocycles. The summed E-state index contributed by atoms with van der Waals surface area (Å²) in [5.74, 6) is -2.44. The molecule has 29 heavy (non-hydrogen) atoms. The highest BCUT2D eigenvalue weighted by molar-refractivity contribution is 7.09. The maximum atomic E-state index is 13.5. The van der Waals surface area contributed by atoms with Gasteiger partial charge in [-0.15, -0.1) is 11.3 Å². The number of hydrogen-bond acceptors (Lipinski definition) is 5. The topological polar surface area (TPSA) is 102 Å². The Balaban J connectivity index is 1.49. The number of primary amides is 1. The highest BCUT2D eigenvalue weighted by Gasteiger charge is 2.72. The van der Waals surface area contributed by atoms with Crippen LogP contribution in [-0.2, 0) is 25.7 Å². The summed E-state index contributed by atoms with van der Waals surface area (Å²) >= 11 is 1.54. The number of nitrogens with zero attached hydrogens (tertiary/aromatic N) is 1. The average Bonchev–Trinajstić information content (AvgIpc) is 3.45. The van der Waals surface area contributed by atoms with Gasteiger partial charge in [-0.3, -0.25) is 14.4 Å². The van der Waals surface area contributed by atoms with Gasteiger partial charge in [0.2, 0.25) is 17.7 Å². The lowest BCUT2D eigenvalue weighted by molar-refractivity contribution is -0.142. The van der Waals surface area contributed by atoms with Gasteiger partial charge in [0.15, 0.2) is 0 Å². The third-order valence-corrected chi connectivity index (χ3v) is 7.67. The Morgan fingerprint density at radius 2 is 2.10 bits per heavy atom. The summed E-state index contributed by atoms with van der Waals surface area (Å²) in [5, 5.41) is 5.11. The third-order valence-electron chi connectivity index (χ3n) is 6.81. The molecule has 1 aromatic rings. The molecular formula is C21H25N3O4S. The Hall–Kier alpha value is -2.19. The van der Waals surface area contributed by atoms with E-state index in [1.165, 1.54) is 17.8 Å². The SMILES string of the molecule is NC(=O)[C@@H]1[C@H]2C=C[C@@]3(O2)[C@H]1C(=O)N(Cc1cccs1)[C@@H]3C(=O)NC1CCCCC1. The minimum atomic E-state index is -1.11. The second-order valence-electron chi connectivity index (χ2n) is 8.49. The van der Waals surface area contributed by atoms with Crippen molar-refractivity contribution >= 4 is 29.1 Å². The van der Waals surface area contributed by atoms with E-state index >= 15 is 0 Å². The van der Waals surface area contributed by atoms with Gasteiger partial charge in [-0.25, -0.2) is 0 Å². The summed E-state index contributed by atoms with van der Waals surface area (Å²) in [5.41, 5.74) is 4.52. The van der Waals surface area contributed by atoms with Crippen molar-refractivity contribution in [1.82, 2.24) is 10.2 Å². The Kier molecular flexibility index (Phi) is 4.51. The molecule has 1 aromatic heterocycles. The fourth-order valence-corrected chi connectivity index (χ4v) is 6.26. The molecule has 3 amide bonds. The highest BCUT2D eigenvalue weighted by atomic mass is 32.1. The average molecular weight is 416 g/mol. The lowest BCUT2D eigenvalue weighted by Crippen LogP contribution is -2.56. The summed E-state index contributed by atoms with van der Waals surface area (Å²) in [6.07, 6.45) is 8.38. The van der Waals surface area contributed by atoms with Crippen molar-refractivity contribution in [2.45, 2.75) is 62.4 Å². The van der Waals surface area contributed by atoms with Crippen molar-refractivity contribution in [3.05, 3.63) is 34.5 Å². The molecule has 5 rings (SSSR count). The van der Waals surface area contributed by atoms with Crippen LogP contribution in [0.5, 0.6) is 0 Å². The number of fused-ring (bicyclic) bond motifs is 1. The van der Waals surface area contributed by atoms with Gasteiger partial charge in [0, 0.05) is 10.9 Å². The molecule has 0 aromatic carbocycles. The van der Waals surface area contributed by atoms with Crippen molar-refractivity contribution in [1.29, 1.82) is 0 Å². The molecule has 1 aliphatic carbocycles. The fourth-order valence-electron chi connectivity index (χ4n) is 5.56. The molecular weight excluding hydrogens is 390 g/mol.